The van der Waals surface area contributed by atoms with Crippen LogP contribution in [-0.2, 0) is 11.3 Å². The summed E-state index contributed by atoms with van der Waals surface area (Å²) < 4.78 is 1.15. The summed E-state index contributed by atoms with van der Waals surface area (Å²) in [6.07, 6.45) is 0. The topological polar surface area (TPSA) is 32.3 Å². The largest absolute Gasteiger partial charge is 0.325 e. The van der Waals surface area contributed by atoms with Crippen LogP contribution in [-0.4, -0.2) is 24.4 Å². The van der Waals surface area contributed by atoms with Crippen LogP contribution in [0.3, 0.4) is 0 Å². The molecule has 0 saturated heterocycles. The van der Waals surface area contributed by atoms with Gasteiger partial charge in [-0.2, -0.15) is 0 Å². The fourth-order valence-electron chi connectivity index (χ4n) is 2.04. The predicted octanol–water partition coefficient (Wildman–Crippen LogP) is 3.67. The first kappa shape index (κ1) is 16.0. The van der Waals surface area contributed by atoms with Gasteiger partial charge in [0, 0.05) is 15.8 Å². The van der Waals surface area contributed by atoms with Gasteiger partial charge in [0.1, 0.15) is 0 Å². The Balaban J connectivity index is 1.84. The van der Waals surface area contributed by atoms with Crippen molar-refractivity contribution in [1.29, 1.82) is 0 Å². The van der Waals surface area contributed by atoms with Crippen molar-refractivity contribution in [3.05, 3.63) is 63.2 Å². The van der Waals surface area contributed by atoms with Gasteiger partial charge >= 0.3 is 0 Å². The van der Waals surface area contributed by atoms with Crippen molar-refractivity contribution in [1.82, 2.24) is 4.90 Å². The fourth-order valence-corrected chi connectivity index (χ4v) is 2.40. The Morgan fingerprint density at radius 3 is 2.33 bits per heavy atom. The van der Waals surface area contributed by atoms with Crippen LogP contribution in [0.25, 0.3) is 0 Å². The minimum atomic E-state index is 0.00539. The highest BCUT2D eigenvalue weighted by atomic mass is 127. The zero-order valence-electron chi connectivity index (χ0n) is 12.3. The molecule has 0 radical (unpaired) electrons. The van der Waals surface area contributed by atoms with Gasteiger partial charge in [0.15, 0.2) is 0 Å². The molecule has 0 aliphatic rings. The molecule has 0 bridgehead atoms. The van der Waals surface area contributed by atoms with Gasteiger partial charge in [-0.1, -0.05) is 29.8 Å². The molecule has 0 atom stereocenters. The molecule has 110 valence electrons. The summed E-state index contributed by atoms with van der Waals surface area (Å²) in [6.45, 7) is 3.21. The molecule has 4 heteroatoms. The van der Waals surface area contributed by atoms with E-state index in [1.807, 2.05) is 36.2 Å². The van der Waals surface area contributed by atoms with Crippen LogP contribution in [0, 0.1) is 10.5 Å². The molecule has 1 amide bonds. The van der Waals surface area contributed by atoms with Crippen molar-refractivity contribution in [2.75, 3.05) is 18.9 Å². The maximum Gasteiger partial charge on any atom is 0.238 e. The highest BCUT2D eigenvalue weighted by Crippen LogP contribution is 2.11. The van der Waals surface area contributed by atoms with E-state index in [4.69, 9.17) is 0 Å². The first-order valence-electron chi connectivity index (χ1n) is 6.82. The van der Waals surface area contributed by atoms with Crippen LogP contribution >= 0.6 is 22.6 Å². The Morgan fingerprint density at radius 1 is 1.10 bits per heavy atom. The minimum Gasteiger partial charge on any atom is -0.325 e. The average Bonchev–Trinajstić information content (AvgIpc) is 2.44. The second-order valence-electron chi connectivity index (χ2n) is 5.21. The third-order valence-electron chi connectivity index (χ3n) is 3.11. The summed E-state index contributed by atoms with van der Waals surface area (Å²) in [5.74, 6) is 0.00539. The highest BCUT2D eigenvalue weighted by molar-refractivity contribution is 14.1. The molecule has 2 aromatic rings. The molecule has 0 aliphatic heterocycles. The van der Waals surface area contributed by atoms with E-state index in [0.29, 0.717) is 6.54 Å². The van der Waals surface area contributed by atoms with Gasteiger partial charge in [-0.15, -0.1) is 0 Å². The molecule has 0 spiro atoms. The summed E-state index contributed by atoms with van der Waals surface area (Å²) in [5.41, 5.74) is 3.30. The molecule has 2 rings (SSSR count). The molecule has 1 N–H and O–H groups in total. The Labute approximate surface area is 139 Å². The number of nitrogens with zero attached hydrogens (tertiary/aromatic N) is 1. The average molecular weight is 394 g/mol. The number of hydrogen-bond acceptors (Lipinski definition) is 2. The summed E-state index contributed by atoms with van der Waals surface area (Å²) in [4.78, 5) is 14.0. The fraction of sp³-hybridized carbons (Fsp3) is 0.235. The molecule has 0 aromatic heterocycles. The van der Waals surface area contributed by atoms with Crippen molar-refractivity contribution in [2.24, 2.45) is 0 Å². The Kier molecular flexibility index (Phi) is 5.76. The van der Waals surface area contributed by atoms with Crippen LogP contribution in [0.5, 0.6) is 0 Å². The van der Waals surface area contributed by atoms with Gasteiger partial charge in [-0.3, -0.25) is 9.69 Å². The number of anilines is 1. The summed E-state index contributed by atoms with van der Waals surface area (Å²) in [7, 11) is 1.95. The van der Waals surface area contributed by atoms with Crippen molar-refractivity contribution in [2.45, 2.75) is 13.5 Å². The van der Waals surface area contributed by atoms with E-state index in [2.05, 4.69) is 59.1 Å². The number of rotatable bonds is 5. The molecule has 2 aromatic carbocycles. The number of aryl methyl sites for hydroxylation is 1. The highest BCUT2D eigenvalue weighted by Gasteiger charge is 2.07. The maximum absolute atomic E-state index is 12.0. The molecular formula is C17H19IN2O. The van der Waals surface area contributed by atoms with Crippen molar-refractivity contribution >= 4 is 34.2 Å². The number of amides is 1. The van der Waals surface area contributed by atoms with Gasteiger partial charge < -0.3 is 5.32 Å². The summed E-state index contributed by atoms with van der Waals surface area (Å²) >= 11 is 2.24. The third-order valence-corrected chi connectivity index (χ3v) is 3.83. The van der Waals surface area contributed by atoms with Crippen LogP contribution in [0.4, 0.5) is 5.69 Å². The quantitative estimate of drug-likeness (QED) is 0.785. The lowest BCUT2D eigenvalue weighted by Gasteiger charge is -2.16. The normalized spacial score (nSPS) is 10.7. The van der Waals surface area contributed by atoms with Crippen LogP contribution in [0.15, 0.2) is 48.5 Å². The number of halogens is 1. The van der Waals surface area contributed by atoms with Gasteiger partial charge in [0.05, 0.1) is 6.54 Å². The molecule has 0 heterocycles. The Morgan fingerprint density at radius 2 is 1.71 bits per heavy atom. The van der Waals surface area contributed by atoms with E-state index in [-0.39, 0.29) is 5.91 Å². The molecule has 0 fully saturated rings. The predicted molar refractivity (Wildman–Crippen MR) is 95.3 cm³/mol. The lowest BCUT2D eigenvalue weighted by molar-refractivity contribution is -0.117. The van der Waals surface area contributed by atoms with E-state index in [1.54, 1.807) is 0 Å². The second-order valence-corrected chi connectivity index (χ2v) is 6.46. The van der Waals surface area contributed by atoms with E-state index in [9.17, 15) is 4.79 Å². The van der Waals surface area contributed by atoms with Gasteiger partial charge in [0.25, 0.3) is 0 Å². The zero-order chi connectivity index (χ0) is 15.2. The number of likely N-dealkylation sites (N-methyl/N-ethyl adjacent to an activating group) is 1. The summed E-state index contributed by atoms with van der Waals surface area (Å²) in [6, 6.07) is 16.2. The van der Waals surface area contributed by atoms with Gasteiger partial charge in [-0.05, 0) is 66.4 Å². The van der Waals surface area contributed by atoms with E-state index >= 15 is 0 Å². The third kappa shape index (κ3) is 5.47. The lowest BCUT2D eigenvalue weighted by atomic mass is 10.1. The molecule has 0 saturated carbocycles. The van der Waals surface area contributed by atoms with E-state index < -0.39 is 0 Å². The molecule has 3 nitrogen and oxygen atoms in total. The monoisotopic (exact) mass is 394 g/mol. The smallest absolute Gasteiger partial charge is 0.238 e. The standard InChI is InChI=1S/C17H19IN2O/c1-13-3-5-14(6-4-13)11-20(2)12-17(21)19-16-9-7-15(18)8-10-16/h3-10H,11-12H2,1-2H3,(H,19,21). The van der Waals surface area contributed by atoms with Crippen LogP contribution in [0.2, 0.25) is 0 Å². The number of carbonyl (C=O) groups excluding carboxylic acids is 1. The zero-order valence-corrected chi connectivity index (χ0v) is 14.4. The number of nitrogens with one attached hydrogen (secondary N) is 1. The molecule has 0 aliphatic carbocycles. The van der Waals surface area contributed by atoms with Crippen LogP contribution in [0.1, 0.15) is 11.1 Å². The molecule has 0 unspecified atom stereocenters. The van der Waals surface area contributed by atoms with Crippen molar-refractivity contribution < 1.29 is 4.79 Å². The Hall–Kier alpha value is -1.40. The number of benzene rings is 2. The first-order chi connectivity index (χ1) is 10.0. The lowest BCUT2D eigenvalue weighted by Crippen LogP contribution is -2.29. The number of carbonyl (C=O) groups is 1. The second kappa shape index (κ2) is 7.56. The summed E-state index contributed by atoms with van der Waals surface area (Å²) in [5, 5.41) is 2.91. The Bertz CT molecular complexity index is 593. The van der Waals surface area contributed by atoms with Crippen molar-refractivity contribution in [3.8, 4) is 0 Å². The SMILES string of the molecule is Cc1ccc(CN(C)CC(=O)Nc2ccc(I)cc2)cc1. The first-order valence-corrected chi connectivity index (χ1v) is 7.90. The van der Waals surface area contributed by atoms with E-state index in [0.717, 1.165) is 15.8 Å². The van der Waals surface area contributed by atoms with Gasteiger partial charge in [-0.25, -0.2) is 0 Å². The van der Waals surface area contributed by atoms with Crippen molar-refractivity contribution in [3.63, 3.8) is 0 Å². The number of hydrogen-bond donors (Lipinski definition) is 1. The van der Waals surface area contributed by atoms with E-state index in [1.165, 1.54) is 11.1 Å². The molecule has 21 heavy (non-hydrogen) atoms. The molecular weight excluding hydrogens is 375 g/mol. The minimum absolute atomic E-state index is 0.00539. The van der Waals surface area contributed by atoms with Gasteiger partial charge in [0.2, 0.25) is 5.91 Å². The van der Waals surface area contributed by atoms with Crippen LogP contribution < -0.4 is 5.32 Å². The maximum atomic E-state index is 12.0.